The summed E-state index contributed by atoms with van der Waals surface area (Å²) >= 11 is 0. The van der Waals surface area contributed by atoms with E-state index in [1.165, 1.54) is 12.0 Å². The first kappa shape index (κ1) is 17.0. The van der Waals surface area contributed by atoms with Gasteiger partial charge in [0.25, 0.3) is 0 Å². The lowest BCUT2D eigenvalue weighted by Gasteiger charge is -2.27. The smallest absolute Gasteiger partial charge is 0.118 e. The molecule has 0 bridgehead atoms. The molecule has 0 fully saturated rings. The second-order valence-electron chi connectivity index (χ2n) is 5.62. The zero-order valence-corrected chi connectivity index (χ0v) is 13.6. The van der Waals surface area contributed by atoms with E-state index in [9.17, 15) is 0 Å². The molecule has 0 aromatic heterocycles. The molecule has 1 rings (SSSR count). The molecule has 3 nitrogen and oxygen atoms in total. The summed E-state index contributed by atoms with van der Waals surface area (Å²) in [5, 5.41) is 3.58. The summed E-state index contributed by atoms with van der Waals surface area (Å²) < 4.78 is 5.23. The number of hydrogen-bond donors (Lipinski definition) is 1. The molecule has 0 aliphatic carbocycles. The van der Waals surface area contributed by atoms with E-state index in [4.69, 9.17) is 4.74 Å². The third kappa shape index (κ3) is 5.51. The number of hydrogen-bond acceptors (Lipinski definition) is 3. The first-order valence-corrected chi connectivity index (χ1v) is 7.66. The van der Waals surface area contributed by atoms with Gasteiger partial charge in [0, 0.05) is 19.1 Å². The summed E-state index contributed by atoms with van der Waals surface area (Å²) in [4.78, 5) is 2.42. The van der Waals surface area contributed by atoms with Crippen LogP contribution in [0, 0.1) is 5.92 Å². The lowest BCUT2D eigenvalue weighted by atomic mass is 10.0. The molecule has 0 saturated heterocycles. The highest BCUT2D eigenvalue weighted by molar-refractivity contribution is 5.29. The molecule has 0 amide bonds. The molecule has 0 heterocycles. The van der Waals surface area contributed by atoms with Gasteiger partial charge in [0.15, 0.2) is 0 Å². The van der Waals surface area contributed by atoms with Crippen molar-refractivity contribution in [3.8, 4) is 5.75 Å². The fraction of sp³-hybridized carbons (Fsp3) is 0.647. The van der Waals surface area contributed by atoms with Crippen LogP contribution >= 0.6 is 0 Å². The number of likely N-dealkylation sites (N-methyl/N-ethyl adjacent to an activating group) is 2. The van der Waals surface area contributed by atoms with Gasteiger partial charge in [-0.15, -0.1) is 0 Å². The van der Waals surface area contributed by atoms with Gasteiger partial charge in [-0.3, -0.25) is 0 Å². The first-order chi connectivity index (χ1) is 9.60. The topological polar surface area (TPSA) is 24.5 Å². The molecular weight excluding hydrogens is 248 g/mol. The Kier molecular flexibility index (Phi) is 7.63. The molecule has 0 saturated carbocycles. The van der Waals surface area contributed by atoms with Crippen molar-refractivity contribution in [2.75, 3.05) is 33.8 Å². The van der Waals surface area contributed by atoms with Crippen LogP contribution in [-0.2, 0) is 0 Å². The summed E-state index contributed by atoms with van der Waals surface area (Å²) in [5.41, 5.74) is 1.32. The number of ether oxygens (including phenoxy) is 1. The third-order valence-corrected chi connectivity index (χ3v) is 3.78. The minimum atomic E-state index is 0.375. The highest BCUT2D eigenvalue weighted by atomic mass is 16.5. The molecule has 2 unspecified atom stereocenters. The Hall–Kier alpha value is -1.06. The summed E-state index contributed by atoms with van der Waals surface area (Å²) in [6.45, 7) is 9.88. The van der Waals surface area contributed by atoms with Gasteiger partial charge in [0.1, 0.15) is 5.75 Å². The minimum absolute atomic E-state index is 0.375. The third-order valence-electron chi connectivity index (χ3n) is 3.78. The van der Waals surface area contributed by atoms with Crippen molar-refractivity contribution in [3.63, 3.8) is 0 Å². The molecule has 0 aliphatic rings. The Bertz CT molecular complexity index is 364. The quantitative estimate of drug-likeness (QED) is 0.750. The van der Waals surface area contributed by atoms with Gasteiger partial charge >= 0.3 is 0 Å². The maximum absolute atomic E-state index is 5.23. The second-order valence-corrected chi connectivity index (χ2v) is 5.62. The molecule has 0 spiro atoms. The van der Waals surface area contributed by atoms with E-state index in [2.05, 4.69) is 50.2 Å². The van der Waals surface area contributed by atoms with Gasteiger partial charge in [-0.2, -0.15) is 0 Å². The molecule has 1 aromatic carbocycles. The van der Waals surface area contributed by atoms with E-state index in [1.54, 1.807) is 7.11 Å². The fourth-order valence-corrected chi connectivity index (χ4v) is 2.42. The number of nitrogens with one attached hydrogen (secondary N) is 1. The van der Waals surface area contributed by atoms with E-state index >= 15 is 0 Å². The predicted molar refractivity (Wildman–Crippen MR) is 86.4 cm³/mol. The minimum Gasteiger partial charge on any atom is -0.497 e. The molecule has 3 heteroatoms. The summed E-state index contributed by atoms with van der Waals surface area (Å²) in [6, 6.07) is 8.76. The maximum atomic E-state index is 5.23. The summed E-state index contributed by atoms with van der Waals surface area (Å²) in [5.74, 6) is 1.66. The standard InChI is InChI=1S/C17H30N2O/c1-6-14(3)12-19(4)13-17(18-7-2)15-8-10-16(20-5)11-9-15/h8-11,14,17-18H,6-7,12-13H2,1-5H3. The van der Waals surface area contributed by atoms with Crippen LogP contribution in [-0.4, -0.2) is 38.7 Å². The Morgan fingerprint density at radius 1 is 1.15 bits per heavy atom. The Labute approximate surface area is 124 Å². The van der Waals surface area contributed by atoms with E-state index in [0.29, 0.717) is 6.04 Å². The normalized spacial score (nSPS) is 14.3. The summed E-state index contributed by atoms with van der Waals surface area (Å²) in [6.07, 6.45) is 1.23. The molecule has 0 radical (unpaired) electrons. The average Bonchev–Trinajstić information content (AvgIpc) is 2.46. The molecule has 1 N–H and O–H groups in total. The van der Waals surface area contributed by atoms with Crippen molar-refractivity contribution >= 4 is 0 Å². The van der Waals surface area contributed by atoms with Crippen LogP contribution in [0.3, 0.4) is 0 Å². The van der Waals surface area contributed by atoms with Crippen molar-refractivity contribution in [2.24, 2.45) is 5.92 Å². The van der Waals surface area contributed by atoms with Gasteiger partial charge in [-0.1, -0.05) is 39.3 Å². The largest absolute Gasteiger partial charge is 0.497 e. The number of nitrogens with zero attached hydrogens (tertiary/aromatic N) is 1. The van der Waals surface area contributed by atoms with Gasteiger partial charge in [-0.25, -0.2) is 0 Å². The Morgan fingerprint density at radius 3 is 2.30 bits per heavy atom. The maximum Gasteiger partial charge on any atom is 0.118 e. The van der Waals surface area contributed by atoms with Gasteiger partial charge in [-0.05, 0) is 37.2 Å². The van der Waals surface area contributed by atoms with Crippen LogP contribution in [0.15, 0.2) is 24.3 Å². The highest BCUT2D eigenvalue weighted by Gasteiger charge is 2.14. The van der Waals surface area contributed by atoms with Crippen LogP contribution in [0.25, 0.3) is 0 Å². The zero-order chi connectivity index (χ0) is 15.0. The van der Waals surface area contributed by atoms with E-state index in [-0.39, 0.29) is 0 Å². The monoisotopic (exact) mass is 278 g/mol. The van der Waals surface area contributed by atoms with Crippen molar-refractivity contribution in [3.05, 3.63) is 29.8 Å². The Balaban J connectivity index is 2.67. The summed E-state index contributed by atoms with van der Waals surface area (Å²) in [7, 11) is 3.91. The molecule has 2 atom stereocenters. The van der Waals surface area contributed by atoms with Gasteiger partial charge in [0.05, 0.1) is 7.11 Å². The zero-order valence-electron chi connectivity index (χ0n) is 13.6. The molecule has 20 heavy (non-hydrogen) atoms. The number of methoxy groups -OCH3 is 1. The van der Waals surface area contributed by atoms with Gasteiger partial charge < -0.3 is 15.0 Å². The average molecular weight is 278 g/mol. The van der Waals surface area contributed by atoms with Gasteiger partial charge in [0.2, 0.25) is 0 Å². The van der Waals surface area contributed by atoms with Crippen LogP contribution in [0.5, 0.6) is 5.75 Å². The van der Waals surface area contributed by atoms with Crippen LogP contribution in [0.4, 0.5) is 0 Å². The molecule has 114 valence electrons. The van der Waals surface area contributed by atoms with Crippen LogP contribution in [0.1, 0.15) is 38.8 Å². The van der Waals surface area contributed by atoms with E-state index in [0.717, 1.165) is 31.3 Å². The number of rotatable bonds is 9. The SMILES string of the molecule is CCNC(CN(C)CC(C)CC)c1ccc(OC)cc1. The van der Waals surface area contributed by atoms with Crippen LogP contribution in [0.2, 0.25) is 0 Å². The van der Waals surface area contributed by atoms with Crippen molar-refractivity contribution < 1.29 is 4.74 Å². The van der Waals surface area contributed by atoms with E-state index < -0.39 is 0 Å². The van der Waals surface area contributed by atoms with E-state index in [1.807, 2.05) is 12.1 Å². The molecule has 1 aromatic rings. The lowest BCUT2D eigenvalue weighted by molar-refractivity contribution is 0.253. The fourth-order valence-electron chi connectivity index (χ4n) is 2.42. The first-order valence-electron chi connectivity index (χ1n) is 7.66. The van der Waals surface area contributed by atoms with Crippen molar-refractivity contribution in [1.29, 1.82) is 0 Å². The van der Waals surface area contributed by atoms with Crippen LogP contribution < -0.4 is 10.1 Å². The Morgan fingerprint density at radius 2 is 1.80 bits per heavy atom. The van der Waals surface area contributed by atoms with Crippen molar-refractivity contribution in [2.45, 2.75) is 33.2 Å². The molecular formula is C17H30N2O. The predicted octanol–water partition coefficient (Wildman–Crippen LogP) is 3.32. The molecule has 0 aliphatic heterocycles. The lowest BCUT2D eigenvalue weighted by Crippen LogP contribution is -2.35. The number of benzene rings is 1. The van der Waals surface area contributed by atoms with Crippen molar-refractivity contribution in [1.82, 2.24) is 10.2 Å². The second kappa shape index (κ2) is 8.98. The highest BCUT2D eigenvalue weighted by Crippen LogP contribution is 2.19.